The minimum Gasteiger partial charge on any atom is -0.508 e. The van der Waals surface area contributed by atoms with Crippen molar-refractivity contribution in [3.63, 3.8) is 0 Å². The molecule has 1 unspecified atom stereocenters. The van der Waals surface area contributed by atoms with E-state index in [1.165, 1.54) is 0 Å². The van der Waals surface area contributed by atoms with Gasteiger partial charge in [0.05, 0.1) is 13.0 Å². The predicted octanol–water partition coefficient (Wildman–Crippen LogP) is 5.95. The highest BCUT2D eigenvalue weighted by molar-refractivity contribution is 5.88. The van der Waals surface area contributed by atoms with Gasteiger partial charge in [0, 0.05) is 46.4 Å². The van der Waals surface area contributed by atoms with Crippen LogP contribution in [-0.2, 0) is 22.6 Å². The molecule has 8 heteroatoms. The lowest BCUT2D eigenvalue weighted by molar-refractivity contribution is -0.144. The Bertz CT molecular complexity index is 1580. The van der Waals surface area contributed by atoms with E-state index in [0.29, 0.717) is 24.1 Å². The topological polar surface area (TPSA) is 113 Å². The first kappa shape index (κ1) is 26.9. The first-order chi connectivity index (χ1) is 19.3. The van der Waals surface area contributed by atoms with Crippen molar-refractivity contribution in [1.82, 2.24) is 14.5 Å². The van der Waals surface area contributed by atoms with Crippen LogP contribution >= 0.6 is 0 Å². The van der Waals surface area contributed by atoms with Crippen molar-refractivity contribution < 1.29 is 24.9 Å². The van der Waals surface area contributed by atoms with Crippen LogP contribution in [0.15, 0.2) is 85.2 Å². The molecule has 0 aliphatic heterocycles. The fourth-order valence-corrected chi connectivity index (χ4v) is 5.51. The zero-order chi connectivity index (χ0) is 28.3. The predicted molar refractivity (Wildman–Crippen MR) is 155 cm³/mol. The van der Waals surface area contributed by atoms with Crippen LogP contribution in [0.25, 0.3) is 21.8 Å². The highest BCUT2D eigenvalue weighted by atomic mass is 16.5. The van der Waals surface area contributed by atoms with E-state index in [4.69, 9.17) is 4.74 Å². The van der Waals surface area contributed by atoms with Gasteiger partial charge in [-0.25, -0.2) is 0 Å². The molecule has 2 heterocycles. The summed E-state index contributed by atoms with van der Waals surface area (Å²) in [7, 11) is 0. The van der Waals surface area contributed by atoms with Crippen LogP contribution in [0.5, 0.6) is 17.2 Å². The molecule has 0 aliphatic rings. The Balaban J connectivity index is 1.75. The third-order valence-corrected chi connectivity index (χ3v) is 7.56. The van der Waals surface area contributed by atoms with E-state index < -0.39 is 0 Å². The zero-order valence-corrected chi connectivity index (χ0v) is 22.5. The number of pyridine rings is 2. The maximum Gasteiger partial charge on any atom is 0.311 e. The lowest BCUT2D eigenvalue weighted by atomic mass is 9.98. The van der Waals surface area contributed by atoms with Gasteiger partial charge in [0.2, 0.25) is 0 Å². The highest BCUT2D eigenvalue weighted by Gasteiger charge is 2.40. The number of phenols is 3. The summed E-state index contributed by atoms with van der Waals surface area (Å²) in [5.74, 6) is 0.0266. The number of carbonyl (C=O) groups is 1. The standard InChI is InChI=1S/C32H31N3O5/c1-3-40-30(39)18-21(2)35(24-10-12-25(36)13-11-24,19-22-8-14-28(37)31-26(22)6-4-16-33-31)20-23-9-15-29(38)32-27(23)7-5-17-34-32/h4-17,21H,3,18-20H2,1-2H3,(H2-,36,37,38)/p+1. The normalized spacial score (nSPS) is 12.4. The van der Waals surface area contributed by atoms with Gasteiger partial charge in [-0.2, -0.15) is 0 Å². The molecule has 2 aromatic heterocycles. The van der Waals surface area contributed by atoms with E-state index in [1.54, 1.807) is 43.6 Å². The Labute approximate surface area is 232 Å². The number of quaternary nitrogens is 1. The molecule has 0 aliphatic carbocycles. The van der Waals surface area contributed by atoms with Gasteiger partial charge in [-0.15, -0.1) is 0 Å². The highest BCUT2D eigenvalue weighted by Crippen LogP contribution is 2.39. The number of phenolic OH excluding ortho intramolecular Hbond substituents is 3. The van der Waals surface area contributed by atoms with Crippen molar-refractivity contribution in [3.8, 4) is 17.2 Å². The number of benzene rings is 3. The molecule has 5 aromatic rings. The van der Waals surface area contributed by atoms with Crippen LogP contribution in [-0.4, -0.2) is 43.9 Å². The SMILES string of the molecule is CCOC(=O)CC(C)[N+](Cc1ccc(O)c2ncccc12)(Cc1ccc(O)c2ncccc12)c1ccc(O)cc1. The van der Waals surface area contributed by atoms with E-state index in [2.05, 4.69) is 9.97 Å². The van der Waals surface area contributed by atoms with Crippen LogP contribution < -0.4 is 4.48 Å². The van der Waals surface area contributed by atoms with Gasteiger partial charge in [-0.05, 0) is 62.4 Å². The number of esters is 1. The molecule has 0 saturated carbocycles. The first-order valence-corrected chi connectivity index (χ1v) is 13.3. The minimum absolute atomic E-state index is 0.0947. The molecule has 0 fully saturated rings. The Morgan fingerprint density at radius 1 is 0.800 bits per heavy atom. The van der Waals surface area contributed by atoms with Gasteiger partial charge in [0.1, 0.15) is 53.1 Å². The molecule has 0 saturated heterocycles. The first-order valence-electron chi connectivity index (χ1n) is 13.3. The van der Waals surface area contributed by atoms with E-state index in [0.717, 1.165) is 27.6 Å². The monoisotopic (exact) mass is 538 g/mol. The van der Waals surface area contributed by atoms with Gasteiger partial charge in [0.25, 0.3) is 0 Å². The molecule has 0 radical (unpaired) electrons. The van der Waals surface area contributed by atoms with E-state index in [9.17, 15) is 20.1 Å². The van der Waals surface area contributed by atoms with Crippen LogP contribution in [0.4, 0.5) is 5.69 Å². The number of carbonyl (C=O) groups excluding carboxylic acids is 1. The second-order valence-electron chi connectivity index (χ2n) is 10.0. The summed E-state index contributed by atoms with van der Waals surface area (Å²) in [5, 5.41) is 32.8. The molecule has 3 N–H and O–H groups in total. The summed E-state index contributed by atoms with van der Waals surface area (Å²) >= 11 is 0. The molecule has 3 aromatic carbocycles. The number of aromatic hydroxyl groups is 3. The molecule has 8 nitrogen and oxygen atoms in total. The van der Waals surface area contributed by atoms with Gasteiger partial charge < -0.3 is 20.1 Å². The Morgan fingerprint density at radius 3 is 1.82 bits per heavy atom. The molecule has 0 spiro atoms. The Kier molecular flexibility index (Phi) is 7.53. The van der Waals surface area contributed by atoms with E-state index in [1.807, 2.05) is 55.5 Å². The fourth-order valence-electron chi connectivity index (χ4n) is 5.51. The number of nitrogens with zero attached hydrogens (tertiary/aromatic N) is 3. The van der Waals surface area contributed by atoms with Gasteiger partial charge in [-0.3, -0.25) is 19.2 Å². The quantitative estimate of drug-likeness (QED) is 0.157. The number of aromatic nitrogens is 2. The lowest BCUT2D eigenvalue weighted by Gasteiger charge is -2.43. The van der Waals surface area contributed by atoms with Gasteiger partial charge >= 0.3 is 5.97 Å². The van der Waals surface area contributed by atoms with E-state index in [-0.39, 0.29) is 46.8 Å². The zero-order valence-electron chi connectivity index (χ0n) is 22.5. The van der Waals surface area contributed by atoms with E-state index >= 15 is 0 Å². The van der Waals surface area contributed by atoms with Crippen LogP contribution in [0.2, 0.25) is 0 Å². The smallest absolute Gasteiger partial charge is 0.311 e. The molecule has 204 valence electrons. The molecule has 5 rings (SSSR count). The second kappa shape index (κ2) is 11.2. The maximum atomic E-state index is 12.8. The summed E-state index contributed by atoms with van der Waals surface area (Å²) in [6.45, 7) is 4.97. The van der Waals surface area contributed by atoms with Crippen molar-refractivity contribution in [2.24, 2.45) is 0 Å². The van der Waals surface area contributed by atoms with Crippen molar-refractivity contribution >= 4 is 33.5 Å². The number of hydrogen-bond acceptors (Lipinski definition) is 7. The third-order valence-electron chi connectivity index (χ3n) is 7.56. The van der Waals surface area contributed by atoms with Crippen molar-refractivity contribution in [2.45, 2.75) is 39.4 Å². The number of fused-ring (bicyclic) bond motifs is 2. The second-order valence-corrected chi connectivity index (χ2v) is 10.0. The average molecular weight is 539 g/mol. The number of rotatable bonds is 9. The summed E-state index contributed by atoms with van der Waals surface area (Å²) in [4.78, 5) is 21.7. The lowest BCUT2D eigenvalue weighted by Crippen LogP contribution is -2.55. The molecule has 0 amide bonds. The van der Waals surface area contributed by atoms with Crippen molar-refractivity contribution in [3.05, 3.63) is 96.3 Å². The van der Waals surface area contributed by atoms with Crippen molar-refractivity contribution in [1.29, 1.82) is 0 Å². The van der Waals surface area contributed by atoms with Crippen molar-refractivity contribution in [2.75, 3.05) is 6.61 Å². The number of hydrogen-bond donors (Lipinski definition) is 3. The van der Waals surface area contributed by atoms with Gasteiger partial charge in [-0.1, -0.05) is 12.1 Å². The molecule has 0 bridgehead atoms. The summed E-state index contributed by atoms with van der Waals surface area (Å²) in [6, 6.07) is 21.4. The van der Waals surface area contributed by atoms with Crippen LogP contribution in [0, 0.1) is 0 Å². The largest absolute Gasteiger partial charge is 0.508 e. The minimum atomic E-state index is -0.300. The number of ether oxygens (including phenoxy) is 1. The molecule has 1 atom stereocenters. The van der Waals surface area contributed by atoms with Gasteiger partial charge in [0.15, 0.2) is 0 Å². The molecule has 40 heavy (non-hydrogen) atoms. The molecular formula is C32H32N3O5+. The fraction of sp³-hybridized carbons (Fsp3) is 0.219. The average Bonchev–Trinajstić information content (AvgIpc) is 2.96. The third kappa shape index (κ3) is 5.13. The summed E-state index contributed by atoms with van der Waals surface area (Å²) < 4.78 is 5.64. The Morgan fingerprint density at radius 2 is 1.32 bits per heavy atom. The molecular weight excluding hydrogens is 506 g/mol. The Hall–Kier alpha value is -4.69. The van der Waals surface area contributed by atoms with Crippen LogP contribution in [0.3, 0.4) is 0 Å². The summed E-state index contributed by atoms with van der Waals surface area (Å²) in [5.41, 5.74) is 3.75. The van der Waals surface area contributed by atoms with Crippen LogP contribution in [0.1, 0.15) is 31.4 Å². The summed E-state index contributed by atoms with van der Waals surface area (Å²) in [6.07, 6.45) is 3.44. The maximum absolute atomic E-state index is 12.8.